The highest BCUT2D eigenvalue weighted by molar-refractivity contribution is 6.05. The zero-order valence-electron chi connectivity index (χ0n) is 18.3. The van der Waals surface area contributed by atoms with Crippen molar-refractivity contribution in [3.63, 3.8) is 0 Å². The Morgan fingerprint density at radius 1 is 1.25 bits per heavy atom. The summed E-state index contributed by atoms with van der Waals surface area (Å²) in [7, 11) is 3.11. The van der Waals surface area contributed by atoms with Crippen LogP contribution in [0.5, 0.6) is 5.88 Å². The molecule has 1 aliphatic rings. The number of amides is 4. The van der Waals surface area contributed by atoms with E-state index in [1.54, 1.807) is 48.4 Å². The standard InChI is InChI=1S/C22H27N5O5/c1-15-12-19(28)25-17-6-4-5-7-18(17)27(15)21(29)14-26(2)22(30)24-16-8-9-20(23-13-16)32-11-10-31-3/h4-9,13,15H,10-12,14H2,1-3H3,(H,24,30)(H,25,28)/t15-/m1/s1. The number of aromatic nitrogens is 1. The van der Waals surface area contributed by atoms with Crippen molar-refractivity contribution in [2.45, 2.75) is 19.4 Å². The van der Waals surface area contributed by atoms with E-state index in [0.29, 0.717) is 36.2 Å². The van der Waals surface area contributed by atoms with Gasteiger partial charge in [-0.3, -0.25) is 9.59 Å². The lowest BCUT2D eigenvalue weighted by Crippen LogP contribution is -2.46. The summed E-state index contributed by atoms with van der Waals surface area (Å²) in [5, 5.41) is 5.52. The fourth-order valence-corrected chi connectivity index (χ4v) is 3.31. The van der Waals surface area contributed by atoms with Crippen molar-refractivity contribution in [3.8, 4) is 5.88 Å². The molecule has 10 heteroatoms. The van der Waals surface area contributed by atoms with Crippen LogP contribution in [0.1, 0.15) is 13.3 Å². The van der Waals surface area contributed by atoms with Gasteiger partial charge in [0.1, 0.15) is 13.2 Å². The Balaban J connectivity index is 1.62. The number of para-hydroxylation sites is 2. The molecular weight excluding hydrogens is 414 g/mol. The number of carbonyl (C=O) groups excluding carboxylic acids is 3. The number of hydrogen-bond acceptors (Lipinski definition) is 6. The molecule has 0 saturated carbocycles. The van der Waals surface area contributed by atoms with Gasteiger partial charge in [0.25, 0.3) is 0 Å². The first-order valence-electron chi connectivity index (χ1n) is 10.2. The number of pyridine rings is 1. The van der Waals surface area contributed by atoms with Crippen LogP contribution in [0.2, 0.25) is 0 Å². The third kappa shape index (κ3) is 5.73. The minimum Gasteiger partial charge on any atom is -0.475 e. The molecule has 170 valence electrons. The van der Waals surface area contributed by atoms with Crippen LogP contribution in [0.3, 0.4) is 0 Å². The number of nitrogens with one attached hydrogen (secondary N) is 2. The van der Waals surface area contributed by atoms with Crippen LogP contribution in [-0.4, -0.2) is 67.7 Å². The number of carbonyl (C=O) groups is 3. The quantitative estimate of drug-likeness (QED) is 0.638. The van der Waals surface area contributed by atoms with Crippen molar-refractivity contribution in [2.75, 3.05) is 49.4 Å². The molecule has 0 fully saturated rings. The Kier molecular flexibility index (Phi) is 7.61. The number of methoxy groups -OCH3 is 1. The van der Waals surface area contributed by atoms with Crippen molar-refractivity contribution in [3.05, 3.63) is 42.6 Å². The molecule has 0 unspecified atom stereocenters. The summed E-state index contributed by atoms with van der Waals surface area (Å²) in [6.07, 6.45) is 1.64. The zero-order valence-corrected chi connectivity index (χ0v) is 18.3. The van der Waals surface area contributed by atoms with E-state index in [2.05, 4.69) is 15.6 Å². The minimum absolute atomic E-state index is 0.159. The van der Waals surface area contributed by atoms with Crippen LogP contribution in [0.4, 0.5) is 21.9 Å². The van der Waals surface area contributed by atoms with Crippen LogP contribution in [-0.2, 0) is 14.3 Å². The molecule has 1 aliphatic heterocycles. The van der Waals surface area contributed by atoms with Gasteiger partial charge in [0.05, 0.1) is 29.9 Å². The molecule has 0 aliphatic carbocycles. The van der Waals surface area contributed by atoms with Gasteiger partial charge in [-0.05, 0) is 25.1 Å². The largest absolute Gasteiger partial charge is 0.475 e. The Morgan fingerprint density at radius 3 is 2.75 bits per heavy atom. The first-order chi connectivity index (χ1) is 15.4. The van der Waals surface area contributed by atoms with Crippen molar-refractivity contribution >= 4 is 34.9 Å². The first kappa shape index (κ1) is 23.0. The molecule has 10 nitrogen and oxygen atoms in total. The SMILES string of the molecule is COCCOc1ccc(NC(=O)N(C)CC(=O)N2c3ccccc3NC(=O)C[C@H]2C)cn1. The van der Waals surface area contributed by atoms with Gasteiger partial charge in [-0.2, -0.15) is 0 Å². The molecule has 1 aromatic carbocycles. The highest BCUT2D eigenvalue weighted by Gasteiger charge is 2.30. The molecule has 32 heavy (non-hydrogen) atoms. The van der Waals surface area contributed by atoms with E-state index < -0.39 is 6.03 Å². The molecule has 0 radical (unpaired) electrons. The van der Waals surface area contributed by atoms with Gasteiger partial charge in [-0.1, -0.05) is 12.1 Å². The Labute approximate surface area is 186 Å². The van der Waals surface area contributed by atoms with E-state index in [1.165, 1.54) is 18.1 Å². The normalized spacial score (nSPS) is 15.3. The lowest BCUT2D eigenvalue weighted by Gasteiger charge is -2.29. The average Bonchev–Trinajstić information content (AvgIpc) is 2.89. The van der Waals surface area contributed by atoms with E-state index in [-0.39, 0.29) is 30.8 Å². The summed E-state index contributed by atoms with van der Waals surface area (Å²) in [5.74, 6) is -0.0341. The molecule has 0 bridgehead atoms. The van der Waals surface area contributed by atoms with Crippen LogP contribution in [0, 0.1) is 0 Å². The zero-order chi connectivity index (χ0) is 23.1. The fraction of sp³-hybridized carbons (Fsp3) is 0.364. The monoisotopic (exact) mass is 441 g/mol. The Bertz CT molecular complexity index is 965. The highest BCUT2D eigenvalue weighted by Crippen LogP contribution is 2.31. The van der Waals surface area contributed by atoms with Crippen LogP contribution in [0.25, 0.3) is 0 Å². The van der Waals surface area contributed by atoms with Gasteiger partial charge >= 0.3 is 6.03 Å². The first-order valence-corrected chi connectivity index (χ1v) is 10.2. The Hall–Kier alpha value is -3.66. The van der Waals surface area contributed by atoms with Gasteiger partial charge in [0.15, 0.2) is 0 Å². The fourth-order valence-electron chi connectivity index (χ4n) is 3.31. The minimum atomic E-state index is -0.460. The lowest BCUT2D eigenvalue weighted by molar-refractivity contribution is -0.119. The van der Waals surface area contributed by atoms with Gasteiger partial charge in [0.2, 0.25) is 17.7 Å². The van der Waals surface area contributed by atoms with Gasteiger partial charge < -0.3 is 29.9 Å². The third-order valence-corrected chi connectivity index (χ3v) is 4.87. The summed E-state index contributed by atoms with van der Waals surface area (Å²) >= 11 is 0. The molecule has 0 spiro atoms. The number of benzene rings is 1. The number of ether oxygens (including phenoxy) is 2. The molecule has 1 atom stereocenters. The van der Waals surface area contributed by atoms with Crippen molar-refractivity contribution in [1.82, 2.24) is 9.88 Å². The van der Waals surface area contributed by atoms with E-state index in [1.807, 2.05) is 6.92 Å². The molecule has 1 aromatic heterocycles. The van der Waals surface area contributed by atoms with Crippen molar-refractivity contribution < 1.29 is 23.9 Å². The number of likely N-dealkylation sites (N-methyl/N-ethyl adjacent to an activating group) is 1. The Morgan fingerprint density at radius 2 is 2.03 bits per heavy atom. The van der Waals surface area contributed by atoms with E-state index in [9.17, 15) is 14.4 Å². The van der Waals surface area contributed by atoms with Gasteiger partial charge in [-0.25, -0.2) is 9.78 Å². The van der Waals surface area contributed by atoms with Crippen molar-refractivity contribution in [1.29, 1.82) is 0 Å². The number of urea groups is 1. The molecule has 0 saturated heterocycles. The number of hydrogen-bond donors (Lipinski definition) is 2. The second-order valence-corrected chi connectivity index (χ2v) is 7.39. The molecule has 2 heterocycles. The number of anilines is 3. The van der Waals surface area contributed by atoms with E-state index in [4.69, 9.17) is 9.47 Å². The predicted molar refractivity (Wildman–Crippen MR) is 120 cm³/mol. The van der Waals surface area contributed by atoms with Crippen molar-refractivity contribution in [2.24, 2.45) is 0 Å². The molecular formula is C22H27N5O5. The second-order valence-electron chi connectivity index (χ2n) is 7.39. The average molecular weight is 441 g/mol. The summed E-state index contributed by atoms with van der Waals surface area (Å²) in [6.45, 7) is 2.47. The van der Waals surface area contributed by atoms with E-state index in [0.717, 1.165) is 0 Å². The highest BCUT2D eigenvalue weighted by atomic mass is 16.5. The lowest BCUT2D eigenvalue weighted by atomic mass is 10.1. The van der Waals surface area contributed by atoms with Crippen LogP contribution >= 0.6 is 0 Å². The molecule has 3 rings (SSSR count). The maximum absolute atomic E-state index is 13.1. The number of rotatable bonds is 7. The molecule has 4 amide bonds. The summed E-state index contributed by atoms with van der Waals surface area (Å²) in [6, 6.07) is 9.60. The summed E-state index contributed by atoms with van der Waals surface area (Å²) in [4.78, 5) is 44.7. The van der Waals surface area contributed by atoms with Gasteiger partial charge in [-0.15, -0.1) is 0 Å². The molecule has 2 N–H and O–H groups in total. The topological polar surface area (TPSA) is 113 Å². The maximum Gasteiger partial charge on any atom is 0.322 e. The van der Waals surface area contributed by atoms with Crippen LogP contribution < -0.4 is 20.3 Å². The number of nitrogens with zero attached hydrogens (tertiary/aromatic N) is 3. The number of fused-ring (bicyclic) bond motifs is 1. The van der Waals surface area contributed by atoms with Crippen LogP contribution in [0.15, 0.2) is 42.6 Å². The second kappa shape index (κ2) is 10.6. The molecule has 2 aromatic rings. The predicted octanol–water partition coefficient (Wildman–Crippen LogP) is 2.33. The van der Waals surface area contributed by atoms with Gasteiger partial charge in [0, 0.05) is 32.7 Å². The maximum atomic E-state index is 13.1. The third-order valence-electron chi connectivity index (χ3n) is 4.87. The summed E-state index contributed by atoms with van der Waals surface area (Å²) < 4.78 is 10.3. The van der Waals surface area contributed by atoms with E-state index >= 15 is 0 Å². The smallest absolute Gasteiger partial charge is 0.322 e. The summed E-state index contributed by atoms with van der Waals surface area (Å²) in [5.41, 5.74) is 1.65.